The van der Waals surface area contributed by atoms with E-state index in [2.05, 4.69) is 15.4 Å². The maximum absolute atomic E-state index is 5.61. The van der Waals surface area contributed by atoms with E-state index in [4.69, 9.17) is 13.7 Å². The van der Waals surface area contributed by atoms with Crippen LogP contribution in [0.5, 0.6) is 5.75 Å². The van der Waals surface area contributed by atoms with Crippen molar-refractivity contribution in [3.63, 3.8) is 0 Å². The topological polar surface area (TPSA) is 74.2 Å². The lowest BCUT2D eigenvalue weighted by atomic mass is 10.2. The van der Waals surface area contributed by atoms with Crippen LogP contribution in [0.1, 0.15) is 11.5 Å². The summed E-state index contributed by atoms with van der Waals surface area (Å²) in [5.74, 6) is 2.68. The molecule has 0 atom stereocenters. The van der Waals surface area contributed by atoms with Crippen LogP contribution in [0.4, 0.5) is 0 Å². The first-order chi connectivity index (χ1) is 10.2. The van der Waals surface area contributed by atoms with Crippen molar-refractivity contribution < 1.29 is 13.7 Å². The first-order valence-electron chi connectivity index (χ1n) is 6.27. The number of methoxy groups -OCH3 is 1. The van der Waals surface area contributed by atoms with Crippen LogP contribution in [0.2, 0.25) is 0 Å². The van der Waals surface area contributed by atoms with Crippen molar-refractivity contribution in [2.45, 2.75) is 17.9 Å². The number of aromatic nitrogens is 3. The van der Waals surface area contributed by atoms with Crippen molar-refractivity contribution >= 4 is 11.8 Å². The number of thioether (sulfide) groups is 1. The quantitative estimate of drug-likeness (QED) is 0.669. The molecule has 2 heterocycles. The highest BCUT2D eigenvalue weighted by Gasteiger charge is 2.10. The normalized spacial score (nSPS) is 10.8. The number of benzene rings is 1. The van der Waals surface area contributed by atoms with Gasteiger partial charge in [0.05, 0.1) is 12.8 Å². The fraction of sp³-hybridized carbons (Fsp3) is 0.214. The number of hydrogen-bond donors (Lipinski definition) is 0. The smallest absolute Gasteiger partial charge is 0.277 e. The Balaban J connectivity index is 1.67. The van der Waals surface area contributed by atoms with Crippen molar-refractivity contribution in [3.05, 3.63) is 41.8 Å². The summed E-state index contributed by atoms with van der Waals surface area (Å²) >= 11 is 1.42. The number of nitrogens with zero attached hydrogens (tertiary/aromatic N) is 3. The fourth-order valence-corrected chi connectivity index (χ4v) is 2.38. The van der Waals surface area contributed by atoms with Gasteiger partial charge in [0.1, 0.15) is 11.5 Å². The third-order valence-electron chi connectivity index (χ3n) is 2.76. The highest BCUT2D eigenvalue weighted by Crippen LogP contribution is 2.26. The molecule has 0 aliphatic rings. The largest absolute Gasteiger partial charge is 0.497 e. The van der Waals surface area contributed by atoms with Gasteiger partial charge in [0.25, 0.3) is 5.22 Å². The number of hydrogen-bond acceptors (Lipinski definition) is 7. The van der Waals surface area contributed by atoms with Gasteiger partial charge in [-0.3, -0.25) is 0 Å². The van der Waals surface area contributed by atoms with Gasteiger partial charge in [0.15, 0.2) is 0 Å². The molecule has 1 aromatic carbocycles. The van der Waals surface area contributed by atoms with Crippen LogP contribution in [0.15, 0.2) is 44.5 Å². The van der Waals surface area contributed by atoms with Crippen molar-refractivity contribution in [3.8, 4) is 17.2 Å². The van der Waals surface area contributed by atoms with E-state index in [1.165, 1.54) is 11.8 Å². The van der Waals surface area contributed by atoms with Crippen molar-refractivity contribution in [1.82, 2.24) is 15.4 Å². The average molecular weight is 303 g/mol. The second-order valence-electron chi connectivity index (χ2n) is 4.32. The van der Waals surface area contributed by atoms with Gasteiger partial charge in [-0.1, -0.05) is 16.9 Å². The van der Waals surface area contributed by atoms with Crippen molar-refractivity contribution in [1.29, 1.82) is 0 Å². The summed E-state index contributed by atoms with van der Waals surface area (Å²) in [6.07, 6.45) is 0. The molecule has 0 amide bonds. The van der Waals surface area contributed by atoms with Crippen LogP contribution in [0, 0.1) is 6.92 Å². The first kappa shape index (κ1) is 13.7. The van der Waals surface area contributed by atoms with Crippen LogP contribution in [0.3, 0.4) is 0 Å². The molecule has 0 fully saturated rings. The molecular weight excluding hydrogens is 290 g/mol. The van der Waals surface area contributed by atoms with Crippen molar-refractivity contribution in [2.24, 2.45) is 0 Å². The molecule has 6 nitrogen and oxygen atoms in total. The average Bonchev–Trinajstić information content (AvgIpc) is 3.14. The Labute approximate surface area is 125 Å². The summed E-state index contributed by atoms with van der Waals surface area (Å²) < 4.78 is 15.7. The van der Waals surface area contributed by atoms with Gasteiger partial charge in [-0.15, -0.1) is 10.2 Å². The lowest BCUT2D eigenvalue weighted by Crippen LogP contribution is -1.82. The number of ether oxygens (including phenoxy) is 1. The number of aryl methyl sites for hydroxylation is 1. The van der Waals surface area contributed by atoms with Crippen LogP contribution in [-0.2, 0) is 5.75 Å². The predicted molar refractivity (Wildman–Crippen MR) is 77.1 cm³/mol. The third kappa shape index (κ3) is 3.25. The lowest BCUT2D eigenvalue weighted by Gasteiger charge is -1.99. The van der Waals surface area contributed by atoms with Crippen LogP contribution < -0.4 is 4.74 Å². The second-order valence-corrected chi connectivity index (χ2v) is 5.25. The zero-order valence-corrected chi connectivity index (χ0v) is 12.4. The van der Waals surface area contributed by atoms with E-state index >= 15 is 0 Å². The number of rotatable bonds is 5. The standard InChI is InChI=1S/C14H13N3O3S/c1-9-7-11(17-20-9)8-21-14-16-15-13(19-14)10-3-5-12(18-2)6-4-10/h3-7H,8H2,1-2H3. The molecule has 21 heavy (non-hydrogen) atoms. The van der Waals surface area contributed by atoms with Gasteiger partial charge < -0.3 is 13.7 Å². The van der Waals surface area contributed by atoms with Crippen LogP contribution >= 0.6 is 11.8 Å². The molecule has 7 heteroatoms. The molecule has 0 saturated heterocycles. The molecule has 3 aromatic rings. The molecule has 0 aliphatic heterocycles. The summed E-state index contributed by atoms with van der Waals surface area (Å²) in [4.78, 5) is 0. The Hall–Kier alpha value is -2.28. The van der Waals surface area contributed by atoms with E-state index in [1.807, 2.05) is 37.3 Å². The van der Waals surface area contributed by atoms with E-state index < -0.39 is 0 Å². The van der Waals surface area contributed by atoms with E-state index in [1.54, 1.807) is 7.11 Å². The monoisotopic (exact) mass is 303 g/mol. The summed E-state index contributed by atoms with van der Waals surface area (Å²) in [5.41, 5.74) is 1.70. The molecule has 0 unspecified atom stereocenters. The predicted octanol–water partition coefficient (Wildman–Crippen LogP) is 3.33. The first-order valence-corrected chi connectivity index (χ1v) is 7.26. The SMILES string of the molecule is COc1ccc(-c2nnc(SCc3cc(C)on3)o2)cc1. The molecule has 3 rings (SSSR count). The van der Waals surface area contributed by atoms with Gasteiger partial charge in [-0.05, 0) is 31.2 Å². The lowest BCUT2D eigenvalue weighted by molar-refractivity contribution is 0.392. The fourth-order valence-electron chi connectivity index (χ4n) is 1.74. The Kier molecular flexibility index (Phi) is 3.92. The van der Waals surface area contributed by atoms with Crippen LogP contribution in [0.25, 0.3) is 11.5 Å². The highest BCUT2D eigenvalue weighted by atomic mass is 32.2. The Morgan fingerprint density at radius 1 is 1.19 bits per heavy atom. The maximum Gasteiger partial charge on any atom is 0.277 e. The van der Waals surface area contributed by atoms with Gasteiger partial charge in [-0.2, -0.15) is 0 Å². The van der Waals surface area contributed by atoms with Gasteiger partial charge in [0.2, 0.25) is 5.89 Å². The third-order valence-corrected chi connectivity index (χ3v) is 3.62. The highest BCUT2D eigenvalue weighted by molar-refractivity contribution is 7.98. The van der Waals surface area contributed by atoms with Crippen LogP contribution in [-0.4, -0.2) is 22.5 Å². The zero-order valence-electron chi connectivity index (χ0n) is 11.6. The molecule has 0 radical (unpaired) electrons. The minimum atomic E-state index is 0.483. The Morgan fingerprint density at radius 3 is 2.67 bits per heavy atom. The summed E-state index contributed by atoms with van der Waals surface area (Å²) in [6, 6.07) is 9.34. The molecule has 0 aliphatic carbocycles. The van der Waals surface area contributed by atoms with E-state index in [0.717, 1.165) is 22.8 Å². The van der Waals surface area contributed by atoms with E-state index in [-0.39, 0.29) is 0 Å². The summed E-state index contributed by atoms with van der Waals surface area (Å²) in [7, 11) is 1.63. The molecular formula is C14H13N3O3S. The molecule has 0 N–H and O–H groups in total. The minimum Gasteiger partial charge on any atom is -0.497 e. The van der Waals surface area contributed by atoms with Crippen molar-refractivity contribution in [2.75, 3.05) is 7.11 Å². The minimum absolute atomic E-state index is 0.483. The Bertz CT molecular complexity index is 721. The van der Waals surface area contributed by atoms with E-state index in [9.17, 15) is 0 Å². The molecule has 2 aromatic heterocycles. The molecule has 108 valence electrons. The second kappa shape index (κ2) is 6.01. The van der Waals surface area contributed by atoms with Gasteiger partial charge >= 0.3 is 0 Å². The Morgan fingerprint density at radius 2 is 2.00 bits per heavy atom. The van der Waals surface area contributed by atoms with Gasteiger partial charge in [0, 0.05) is 17.4 Å². The summed E-state index contributed by atoms with van der Waals surface area (Å²) in [5, 5.41) is 12.5. The summed E-state index contributed by atoms with van der Waals surface area (Å²) in [6.45, 7) is 1.86. The molecule has 0 saturated carbocycles. The van der Waals surface area contributed by atoms with E-state index in [0.29, 0.717) is 16.9 Å². The maximum atomic E-state index is 5.61. The zero-order chi connectivity index (χ0) is 14.7. The molecule has 0 bridgehead atoms. The molecule has 0 spiro atoms. The van der Waals surface area contributed by atoms with Gasteiger partial charge in [-0.25, -0.2) is 0 Å².